The Hall–Kier alpha value is -0.981. The fraction of sp³-hybridized carbons (Fsp3) is 0.500. The molecule has 0 amide bonds. The first-order valence-electron chi connectivity index (χ1n) is 6.47. The molecule has 6 heteroatoms. The standard InChI is InChI=1S/C6H4N5.3C2H5.Sn/c1-2-4-7-5(3-1)6-8-10-11-9-6;3*1-2;/h1-4H;3*1H2,2H3;/q-1;;;;+1. The van der Waals surface area contributed by atoms with E-state index < -0.39 is 18.7 Å². The molecular formula is C12H19N5Sn. The molecule has 0 saturated carbocycles. The SMILES string of the molecule is C[CH2][Sn]([CH2]C)([CH2]C)[n]1nnc(-c2ccccn2)n1. The van der Waals surface area contributed by atoms with Crippen LogP contribution in [0, 0.1) is 0 Å². The fourth-order valence-electron chi connectivity index (χ4n) is 2.19. The Bertz CT molecular complexity index is 484. The van der Waals surface area contributed by atoms with Crippen molar-refractivity contribution in [3.63, 3.8) is 0 Å². The number of tetrazole rings is 1. The third kappa shape index (κ3) is 2.41. The van der Waals surface area contributed by atoms with Gasteiger partial charge in [0.15, 0.2) is 0 Å². The van der Waals surface area contributed by atoms with Gasteiger partial charge in [0.05, 0.1) is 0 Å². The molecule has 0 aliphatic rings. The summed E-state index contributed by atoms with van der Waals surface area (Å²) in [5.41, 5.74) is 0.798. The predicted molar refractivity (Wildman–Crippen MR) is 73.6 cm³/mol. The van der Waals surface area contributed by atoms with Crippen LogP contribution < -0.4 is 0 Å². The van der Waals surface area contributed by atoms with E-state index >= 15 is 0 Å². The number of aromatic nitrogens is 5. The zero-order chi connectivity index (χ0) is 13.0. The van der Waals surface area contributed by atoms with Crippen LogP contribution in [0.25, 0.3) is 11.5 Å². The van der Waals surface area contributed by atoms with Crippen LogP contribution in [-0.2, 0) is 0 Å². The number of rotatable bonds is 5. The van der Waals surface area contributed by atoms with Crippen molar-refractivity contribution in [2.75, 3.05) is 0 Å². The first-order chi connectivity index (χ1) is 8.75. The first kappa shape index (κ1) is 13.5. The fourth-order valence-corrected chi connectivity index (χ4v) is 10.4. The summed E-state index contributed by atoms with van der Waals surface area (Å²) in [6, 6.07) is 5.75. The van der Waals surface area contributed by atoms with Crippen LogP contribution >= 0.6 is 0 Å². The molecule has 0 aliphatic carbocycles. The van der Waals surface area contributed by atoms with E-state index in [9.17, 15) is 0 Å². The molecule has 0 aliphatic heterocycles. The number of hydrogen-bond acceptors (Lipinski definition) is 4. The second-order valence-electron chi connectivity index (χ2n) is 4.40. The molecule has 0 N–H and O–H groups in total. The molecule has 0 fully saturated rings. The van der Waals surface area contributed by atoms with Crippen LogP contribution in [0.4, 0.5) is 0 Å². The van der Waals surface area contributed by atoms with Gasteiger partial charge < -0.3 is 0 Å². The second-order valence-corrected chi connectivity index (χ2v) is 18.6. The normalized spacial score (nSPS) is 11.7. The van der Waals surface area contributed by atoms with Crippen LogP contribution in [-0.4, -0.2) is 42.1 Å². The summed E-state index contributed by atoms with van der Waals surface area (Å²) in [7, 11) is 0. The summed E-state index contributed by atoms with van der Waals surface area (Å²) in [6.45, 7) is 6.77. The molecule has 0 unspecified atom stereocenters. The van der Waals surface area contributed by atoms with Crippen molar-refractivity contribution in [1.29, 1.82) is 0 Å². The third-order valence-electron chi connectivity index (χ3n) is 3.71. The van der Waals surface area contributed by atoms with Gasteiger partial charge in [0, 0.05) is 0 Å². The number of pyridine rings is 1. The van der Waals surface area contributed by atoms with Crippen molar-refractivity contribution < 1.29 is 0 Å². The summed E-state index contributed by atoms with van der Waals surface area (Å²) in [5, 5.41) is 13.1. The van der Waals surface area contributed by atoms with Crippen molar-refractivity contribution in [2.24, 2.45) is 0 Å². The molecular weight excluding hydrogens is 333 g/mol. The number of hydrogen-bond donors (Lipinski definition) is 0. The Morgan fingerprint density at radius 1 is 1.11 bits per heavy atom. The van der Waals surface area contributed by atoms with Gasteiger partial charge in [-0.05, 0) is 0 Å². The van der Waals surface area contributed by atoms with Gasteiger partial charge in [0.25, 0.3) is 0 Å². The first-order valence-corrected chi connectivity index (χ1v) is 13.8. The van der Waals surface area contributed by atoms with E-state index in [-0.39, 0.29) is 0 Å². The Morgan fingerprint density at radius 2 is 1.83 bits per heavy atom. The minimum absolute atomic E-state index is 0.645. The van der Waals surface area contributed by atoms with E-state index in [2.05, 4.69) is 41.2 Å². The van der Waals surface area contributed by atoms with E-state index in [4.69, 9.17) is 0 Å². The van der Waals surface area contributed by atoms with Crippen LogP contribution in [0.3, 0.4) is 0 Å². The monoisotopic (exact) mass is 353 g/mol. The average Bonchev–Trinajstić information content (AvgIpc) is 2.93. The van der Waals surface area contributed by atoms with Crippen molar-refractivity contribution >= 4 is 18.7 Å². The van der Waals surface area contributed by atoms with Crippen LogP contribution in [0.5, 0.6) is 0 Å². The average molecular weight is 352 g/mol. The van der Waals surface area contributed by atoms with Crippen LogP contribution in [0.2, 0.25) is 13.3 Å². The Kier molecular flexibility index (Phi) is 4.31. The van der Waals surface area contributed by atoms with E-state index in [1.807, 2.05) is 21.2 Å². The zero-order valence-corrected chi connectivity index (χ0v) is 14.0. The van der Waals surface area contributed by atoms with Gasteiger partial charge in [0.1, 0.15) is 0 Å². The van der Waals surface area contributed by atoms with Crippen molar-refractivity contribution in [1.82, 2.24) is 23.4 Å². The molecule has 0 bridgehead atoms. The summed E-state index contributed by atoms with van der Waals surface area (Å²) in [5.74, 6) is 0.645. The summed E-state index contributed by atoms with van der Waals surface area (Å²) < 4.78 is 5.60. The predicted octanol–water partition coefficient (Wildman–Crippen LogP) is 2.59. The summed E-state index contributed by atoms with van der Waals surface area (Å²) >= 11 is -2.41. The molecule has 2 heterocycles. The minimum atomic E-state index is -2.41. The molecule has 18 heavy (non-hydrogen) atoms. The molecule has 2 rings (SSSR count). The topological polar surface area (TPSA) is 56.5 Å². The van der Waals surface area contributed by atoms with E-state index in [1.54, 1.807) is 6.20 Å². The molecule has 0 saturated heterocycles. The van der Waals surface area contributed by atoms with E-state index in [0.29, 0.717) is 5.82 Å². The van der Waals surface area contributed by atoms with Gasteiger partial charge in [-0.3, -0.25) is 0 Å². The molecule has 5 nitrogen and oxygen atoms in total. The zero-order valence-electron chi connectivity index (χ0n) is 11.2. The third-order valence-corrected chi connectivity index (χ3v) is 17.9. The van der Waals surface area contributed by atoms with E-state index in [1.165, 1.54) is 13.3 Å². The summed E-state index contributed by atoms with van der Waals surface area (Å²) in [6.07, 6.45) is 1.76. The van der Waals surface area contributed by atoms with Crippen molar-refractivity contribution in [3.05, 3.63) is 24.4 Å². The van der Waals surface area contributed by atoms with Crippen LogP contribution in [0.1, 0.15) is 20.8 Å². The number of nitrogens with zero attached hydrogens (tertiary/aromatic N) is 5. The molecule has 0 radical (unpaired) electrons. The van der Waals surface area contributed by atoms with Crippen LogP contribution in [0.15, 0.2) is 24.4 Å². The van der Waals surface area contributed by atoms with Gasteiger partial charge in [0.2, 0.25) is 0 Å². The van der Waals surface area contributed by atoms with Gasteiger partial charge in [-0.1, -0.05) is 0 Å². The van der Waals surface area contributed by atoms with Gasteiger partial charge in [-0.2, -0.15) is 0 Å². The van der Waals surface area contributed by atoms with Crippen molar-refractivity contribution in [2.45, 2.75) is 34.1 Å². The molecule has 0 aromatic carbocycles. The maximum atomic E-state index is 4.59. The van der Waals surface area contributed by atoms with E-state index in [0.717, 1.165) is 5.69 Å². The summed E-state index contributed by atoms with van der Waals surface area (Å²) in [4.78, 5) is 4.27. The molecule has 96 valence electrons. The Labute approximate surface area is 112 Å². The molecule has 2 aromatic heterocycles. The second kappa shape index (κ2) is 5.77. The molecule has 0 spiro atoms. The Morgan fingerprint density at radius 3 is 2.39 bits per heavy atom. The molecule has 0 atom stereocenters. The van der Waals surface area contributed by atoms with Crippen molar-refractivity contribution in [3.8, 4) is 11.5 Å². The molecule has 2 aromatic rings. The quantitative estimate of drug-likeness (QED) is 0.777. The van der Waals surface area contributed by atoms with Gasteiger partial charge in [-0.25, -0.2) is 0 Å². The van der Waals surface area contributed by atoms with Gasteiger partial charge >= 0.3 is 112 Å². The Balaban J connectivity index is 2.36. The van der Waals surface area contributed by atoms with Gasteiger partial charge in [-0.15, -0.1) is 0 Å². The maximum absolute atomic E-state index is 4.59.